The number of primary amides is 1. The molecule has 0 saturated heterocycles. The van der Waals surface area contributed by atoms with E-state index in [2.05, 4.69) is 31.0 Å². The van der Waals surface area contributed by atoms with E-state index in [4.69, 9.17) is 10.5 Å². The van der Waals surface area contributed by atoms with Crippen LogP contribution in [0.15, 0.2) is 54.6 Å². The number of ether oxygens (including phenoxy) is 1. The molecular weight excluding hydrogens is 417 g/mol. The molecule has 0 spiro atoms. The van der Waals surface area contributed by atoms with Gasteiger partial charge in [0, 0.05) is 16.5 Å². The molecule has 4 rings (SSSR count). The third-order valence-corrected chi connectivity index (χ3v) is 6.94. The molecule has 1 atom stereocenters. The quantitative estimate of drug-likeness (QED) is 0.514. The van der Waals surface area contributed by atoms with Crippen molar-refractivity contribution in [2.24, 2.45) is 11.1 Å². The Balaban J connectivity index is 1.60. The van der Waals surface area contributed by atoms with Crippen molar-refractivity contribution in [3.8, 4) is 11.3 Å². The van der Waals surface area contributed by atoms with Gasteiger partial charge in [-0.15, -0.1) is 0 Å². The van der Waals surface area contributed by atoms with Crippen LogP contribution in [0.2, 0.25) is 0 Å². The molecule has 2 aromatic carbocycles. The number of hydrogen-bond acceptors (Lipinski definition) is 4. The second-order valence-electron chi connectivity index (χ2n) is 9.53. The highest BCUT2D eigenvalue weighted by Gasteiger charge is 2.53. The highest BCUT2D eigenvalue weighted by atomic mass is 19.1. The van der Waals surface area contributed by atoms with Crippen molar-refractivity contribution in [1.82, 2.24) is 10.2 Å². The number of nitrogens with two attached hydrogens (primary N) is 1. The maximum Gasteiger partial charge on any atom is 0.248 e. The van der Waals surface area contributed by atoms with Crippen LogP contribution in [-0.2, 0) is 23.2 Å². The minimum atomic E-state index is -0.443. The van der Waals surface area contributed by atoms with E-state index < -0.39 is 5.91 Å². The maximum absolute atomic E-state index is 14.3. The maximum atomic E-state index is 14.3. The van der Waals surface area contributed by atoms with Crippen molar-refractivity contribution in [3.63, 3.8) is 0 Å². The summed E-state index contributed by atoms with van der Waals surface area (Å²) in [5, 5.41) is 9.08. The molecule has 0 bridgehead atoms. The van der Waals surface area contributed by atoms with Gasteiger partial charge in [-0.05, 0) is 59.7 Å². The van der Waals surface area contributed by atoms with Gasteiger partial charge < -0.3 is 10.5 Å². The number of carbonyl (C=O) groups is 1. The van der Waals surface area contributed by atoms with Gasteiger partial charge >= 0.3 is 0 Å². The van der Waals surface area contributed by atoms with E-state index in [1.165, 1.54) is 6.07 Å². The Morgan fingerprint density at radius 2 is 1.85 bits per heavy atom. The Kier molecular flexibility index (Phi) is 6.30. The zero-order chi connectivity index (χ0) is 23.6. The normalized spacial score (nSPS) is 18.8. The van der Waals surface area contributed by atoms with E-state index in [1.54, 1.807) is 24.3 Å². The highest BCUT2D eigenvalue weighted by Crippen LogP contribution is 2.53. The van der Waals surface area contributed by atoms with Gasteiger partial charge in [0.2, 0.25) is 5.91 Å². The van der Waals surface area contributed by atoms with Crippen LogP contribution in [0.1, 0.15) is 60.8 Å². The first-order chi connectivity index (χ1) is 15.8. The Hall–Kier alpha value is -3.12. The fourth-order valence-corrected chi connectivity index (χ4v) is 5.06. The molecule has 5 nitrogen and oxygen atoms in total. The molecule has 0 unspecified atom stereocenters. The number of halogens is 1. The number of aromatic nitrogens is 2. The molecule has 1 heterocycles. The summed E-state index contributed by atoms with van der Waals surface area (Å²) in [6.45, 7) is 7.60. The zero-order valence-electron chi connectivity index (χ0n) is 19.4. The Bertz CT molecular complexity index is 1160. The lowest BCUT2D eigenvalue weighted by atomic mass is 9.65. The molecule has 0 fully saturated rings. The molecule has 6 heteroatoms. The lowest BCUT2D eigenvalue weighted by molar-refractivity contribution is 0.0148. The first-order valence-electron chi connectivity index (χ1n) is 11.4. The van der Waals surface area contributed by atoms with Crippen LogP contribution >= 0.6 is 0 Å². The van der Waals surface area contributed by atoms with Crippen molar-refractivity contribution in [2.75, 3.05) is 6.61 Å². The second kappa shape index (κ2) is 9.02. The van der Waals surface area contributed by atoms with Crippen LogP contribution < -0.4 is 5.73 Å². The molecule has 0 radical (unpaired) electrons. The van der Waals surface area contributed by atoms with Gasteiger partial charge in [0.15, 0.2) is 0 Å². The van der Waals surface area contributed by atoms with E-state index >= 15 is 0 Å². The molecule has 172 valence electrons. The summed E-state index contributed by atoms with van der Waals surface area (Å²) in [5.74, 6) is -0.739. The van der Waals surface area contributed by atoms with Crippen LogP contribution in [0.5, 0.6) is 0 Å². The third-order valence-electron chi connectivity index (χ3n) is 6.94. The second-order valence-corrected chi connectivity index (χ2v) is 9.53. The first kappa shape index (κ1) is 23.1. The summed E-state index contributed by atoms with van der Waals surface area (Å²) in [4.78, 5) is 11.3. The summed E-state index contributed by atoms with van der Waals surface area (Å²) < 4.78 is 20.6. The van der Waals surface area contributed by atoms with E-state index in [-0.39, 0.29) is 16.6 Å². The topological polar surface area (TPSA) is 78.1 Å². The molecule has 2 N–H and O–H groups in total. The number of hydrogen-bond donors (Lipinski definition) is 1. The molecule has 1 aliphatic carbocycles. The van der Waals surface area contributed by atoms with E-state index in [0.29, 0.717) is 30.0 Å². The standard InChI is InChI=1S/C27H30FN3O2/c1-4-13-27(17-33-16-18-9-11-19(12-10-18)25(29)32)24-20(15-26(27,2)3)14-23(30-31-24)21-7-5-6-8-22(21)28/h5-12,14H,4,13,15-17H2,1-3H3,(H2,29,32)/t27-/m1/s1. The fraction of sp³-hybridized carbons (Fsp3) is 0.370. The lowest BCUT2D eigenvalue weighted by Gasteiger charge is -2.41. The smallest absolute Gasteiger partial charge is 0.248 e. The van der Waals surface area contributed by atoms with E-state index in [1.807, 2.05) is 24.3 Å². The monoisotopic (exact) mass is 447 g/mol. The number of nitrogens with zero attached hydrogens (tertiary/aromatic N) is 2. The lowest BCUT2D eigenvalue weighted by Crippen LogP contribution is -2.43. The van der Waals surface area contributed by atoms with Gasteiger partial charge in [-0.1, -0.05) is 51.5 Å². The number of amides is 1. The fourth-order valence-electron chi connectivity index (χ4n) is 5.06. The number of rotatable bonds is 8. The Morgan fingerprint density at radius 1 is 1.12 bits per heavy atom. The molecule has 0 saturated carbocycles. The van der Waals surface area contributed by atoms with Crippen LogP contribution in [-0.4, -0.2) is 22.7 Å². The Morgan fingerprint density at radius 3 is 2.52 bits per heavy atom. The minimum Gasteiger partial charge on any atom is -0.376 e. The van der Waals surface area contributed by atoms with Crippen LogP contribution in [0, 0.1) is 11.2 Å². The summed E-state index contributed by atoms with van der Waals surface area (Å²) in [7, 11) is 0. The van der Waals surface area contributed by atoms with Crippen LogP contribution in [0.25, 0.3) is 11.3 Å². The van der Waals surface area contributed by atoms with E-state index in [9.17, 15) is 9.18 Å². The van der Waals surface area contributed by atoms with Gasteiger partial charge in [-0.3, -0.25) is 4.79 Å². The summed E-state index contributed by atoms with van der Waals surface area (Å²) in [5.41, 5.74) is 9.49. The van der Waals surface area contributed by atoms with E-state index in [0.717, 1.165) is 36.1 Å². The van der Waals surface area contributed by atoms with Crippen molar-refractivity contribution >= 4 is 5.91 Å². The third kappa shape index (κ3) is 4.27. The molecule has 3 aromatic rings. The average molecular weight is 448 g/mol. The van der Waals surface area contributed by atoms with Gasteiger partial charge in [0.05, 0.1) is 24.6 Å². The molecule has 1 amide bonds. The van der Waals surface area contributed by atoms with Gasteiger partial charge in [-0.2, -0.15) is 10.2 Å². The van der Waals surface area contributed by atoms with Gasteiger partial charge in [0.1, 0.15) is 5.82 Å². The molecule has 1 aromatic heterocycles. The van der Waals surface area contributed by atoms with Crippen LogP contribution in [0.4, 0.5) is 4.39 Å². The Labute approximate surface area is 194 Å². The summed E-state index contributed by atoms with van der Waals surface area (Å²) in [6.07, 6.45) is 2.73. The molecular formula is C27H30FN3O2. The molecule has 0 aliphatic heterocycles. The number of carbonyl (C=O) groups excluding carboxylic acids is 1. The van der Waals surface area contributed by atoms with Crippen molar-refractivity contribution in [3.05, 3.63) is 82.8 Å². The highest BCUT2D eigenvalue weighted by molar-refractivity contribution is 5.92. The largest absolute Gasteiger partial charge is 0.376 e. The van der Waals surface area contributed by atoms with Crippen LogP contribution in [0.3, 0.4) is 0 Å². The average Bonchev–Trinajstić information content (AvgIpc) is 3.00. The minimum absolute atomic E-state index is 0.0935. The summed E-state index contributed by atoms with van der Waals surface area (Å²) >= 11 is 0. The summed E-state index contributed by atoms with van der Waals surface area (Å²) in [6, 6.07) is 15.8. The first-order valence-corrected chi connectivity index (χ1v) is 11.4. The molecule has 1 aliphatic rings. The zero-order valence-corrected chi connectivity index (χ0v) is 19.4. The van der Waals surface area contributed by atoms with Crippen molar-refractivity contribution in [1.29, 1.82) is 0 Å². The van der Waals surface area contributed by atoms with Crippen molar-refractivity contribution in [2.45, 2.75) is 52.1 Å². The number of benzene rings is 2. The predicted octanol–water partition coefficient (Wildman–Crippen LogP) is 5.22. The predicted molar refractivity (Wildman–Crippen MR) is 126 cm³/mol. The SMILES string of the molecule is CCC[C@@]1(COCc2ccc(C(N)=O)cc2)c2nnc(-c3ccccc3F)cc2CC1(C)C. The van der Waals surface area contributed by atoms with Gasteiger partial charge in [-0.25, -0.2) is 4.39 Å². The van der Waals surface area contributed by atoms with Crippen molar-refractivity contribution < 1.29 is 13.9 Å². The molecule has 33 heavy (non-hydrogen) atoms. The van der Waals surface area contributed by atoms with Gasteiger partial charge in [0.25, 0.3) is 0 Å². The number of fused-ring (bicyclic) bond motifs is 1.